The van der Waals surface area contributed by atoms with Gasteiger partial charge >= 0.3 is 0 Å². The Bertz CT molecular complexity index is 781. The first-order valence-corrected chi connectivity index (χ1v) is 8.57. The van der Waals surface area contributed by atoms with Gasteiger partial charge in [-0.3, -0.25) is 0 Å². The first-order chi connectivity index (χ1) is 10.5. The molecule has 2 aromatic rings. The monoisotopic (exact) mass is 311 g/mol. The van der Waals surface area contributed by atoms with Crippen LogP contribution in [0.3, 0.4) is 0 Å². The highest BCUT2D eigenvalue weighted by Gasteiger charge is 2.20. The molecule has 0 atom stereocenters. The Morgan fingerprint density at radius 2 is 1.95 bits per heavy atom. The minimum atomic E-state index is 1.01. The van der Waals surface area contributed by atoms with Crippen molar-refractivity contribution in [2.75, 3.05) is 11.9 Å². The molecule has 0 amide bonds. The van der Waals surface area contributed by atoms with E-state index in [1.807, 2.05) is 11.3 Å². The van der Waals surface area contributed by atoms with Crippen molar-refractivity contribution in [1.29, 1.82) is 0 Å². The van der Waals surface area contributed by atoms with Crippen LogP contribution >= 0.6 is 11.3 Å². The maximum atomic E-state index is 2.39. The number of fused-ring (bicyclic) bond motifs is 1. The van der Waals surface area contributed by atoms with E-state index >= 15 is 0 Å². The lowest BCUT2D eigenvalue weighted by Crippen LogP contribution is -2.36. The van der Waals surface area contributed by atoms with Crippen molar-refractivity contribution in [2.45, 2.75) is 34.2 Å². The van der Waals surface area contributed by atoms with Crippen molar-refractivity contribution in [2.24, 2.45) is 0 Å². The van der Waals surface area contributed by atoms with Gasteiger partial charge in [-0.1, -0.05) is 29.0 Å². The molecule has 22 heavy (non-hydrogen) atoms. The largest absolute Gasteiger partial charge is 0.344 e. The minimum Gasteiger partial charge on any atom is -0.344 e. The van der Waals surface area contributed by atoms with Gasteiger partial charge in [-0.25, -0.2) is 0 Å². The molecule has 1 aromatic heterocycles. The fraction of sp³-hybridized carbons (Fsp3) is 0.316. The van der Waals surface area contributed by atoms with Crippen LogP contribution in [0.15, 0.2) is 30.0 Å². The van der Waals surface area contributed by atoms with Crippen LogP contribution in [0, 0.1) is 20.8 Å². The van der Waals surface area contributed by atoms with Crippen molar-refractivity contribution in [1.82, 2.24) is 0 Å². The maximum absolute atomic E-state index is 2.39. The van der Waals surface area contributed by atoms with Gasteiger partial charge in [-0.05, 0) is 44.5 Å². The number of likely N-dealkylation sites (N-methyl/N-ethyl adjacent to an activating group) is 1. The van der Waals surface area contributed by atoms with Gasteiger partial charge < -0.3 is 4.90 Å². The smallest absolute Gasteiger partial charge is 0.264 e. The van der Waals surface area contributed by atoms with Crippen LogP contribution in [0.25, 0.3) is 12.2 Å². The number of hydrogen-bond donors (Lipinski definition) is 0. The second kappa shape index (κ2) is 5.73. The molecule has 0 saturated carbocycles. The van der Waals surface area contributed by atoms with Crippen molar-refractivity contribution >= 4 is 29.2 Å². The Balaban J connectivity index is 2.04. The zero-order valence-electron chi connectivity index (χ0n) is 14.0. The third kappa shape index (κ3) is 2.50. The van der Waals surface area contributed by atoms with Crippen molar-refractivity contribution in [3.63, 3.8) is 0 Å². The average molecular weight is 311 g/mol. The van der Waals surface area contributed by atoms with E-state index in [-0.39, 0.29) is 0 Å². The summed E-state index contributed by atoms with van der Waals surface area (Å²) in [6.45, 7) is 9.77. The van der Waals surface area contributed by atoms with E-state index in [9.17, 15) is 0 Å². The number of thiazole rings is 1. The molecule has 1 aromatic carbocycles. The molecule has 0 radical (unpaired) electrons. The first-order valence-electron chi connectivity index (χ1n) is 7.75. The third-order valence-corrected chi connectivity index (χ3v) is 5.54. The Kier molecular flexibility index (Phi) is 3.92. The van der Waals surface area contributed by atoms with E-state index in [2.05, 4.69) is 80.6 Å². The van der Waals surface area contributed by atoms with Gasteiger partial charge in [0.2, 0.25) is 0 Å². The Labute approximate surface area is 137 Å². The zero-order chi connectivity index (χ0) is 15.9. The molecule has 0 aliphatic carbocycles. The van der Waals surface area contributed by atoms with E-state index in [1.54, 1.807) is 0 Å². The summed E-state index contributed by atoms with van der Waals surface area (Å²) in [5.41, 5.74) is 6.48. The van der Waals surface area contributed by atoms with Crippen LogP contribution in [-0.2, 0) is 6.54 Å². The number of allylic oxidation sites excluding steroid dienone is 1. The van der Waals surface area contributed by atoms with E-state index in [4.69, 9.17) is 0 Å². The summed E-state index contributed by atoms with van der Waals surface area (Å²) in [4.78, 5) is 3.67. The topological polar surface area (TPSA) is 7.12 Å². The molecule has 0 saturated heterocycles. The molecule has 0 fully saturated rings. The standard InChI is InChI=1S/C19H23N2S/c1-6-21-14(3)15(4)22-19(21)12-17-9-8-16-11-13(2)7-10-18(16)20(17)5/h7-12H,6H2,1-5H3/q+1. The quantitative estimate of drug-likeness (QED) is 0.742. The van der Waals surface area contributed by atoms with Crippen molar-refractivity contribution in [3.05, 3.63) is 56.7 Å². The summed E-state index contributed by atoms with van der Waals surface area (Å²) >= 11 is 1.87. The second-order valence-corrected chi connectivity index (χ2v) is 7.08. The number of rotatable bonds is 2. The first kappa shape index (κ1) is 15.0. The summed E-state index contributed by atoms with van der Waals surface area (Å²) in [5, 5.41) is 1.32. The molecule has 1 aliphatic rings. The fourth-order valence-electron chi connectivity index (χ4n) is 2.95. The van der Waals surface area contributed by atoms with Gasteiger partial charge in [-0.15, -0.1) is 0 Å². The summed E-state index contributed by atoms with van der Waals surface area (Å²) in [7, 11) is 2.15. The normalized spacial score (nSPS) is 15.5. The van der Waals surface area contributed by atoms with Crippen LogP contribution < -0.4 is 9.47 Å². The summed E-state index contributed by atoms with van der Waals surface area (Å²) < 4.78 is 2.39. The van der Waals surface area contributed by atoms with Crippen molar-refractivity contribution in [3.8, 4) is 0 Å². The Hall–Kier alpha value is -1.87. The molecule has 0 spiro atoms. The molecular formula is C19H23N2S+. The second-order valence-electron chi connectivity index (χ2n) is 5.85. The Morgan fingerprint density at radius 1 is 1.18 bits per heavy atom. The van der Waals surface area contributed by atoms with Crippen LogP contribution in [0.4, 0.5) is 5.69 Å². The molecule has 114 valence electrons. The molecule has 2 heterocycles. The molecule has 3 rings (SSSR count). The van der Waals surface area contributed by atoms with Crippen molar-refractivity contribution < 1.29 is 4.57 Å². The lowest BCUT2D eigenvalue weighted by Gasteiger charge is -2.26. The number of hydrogen-bond acceptors (Lipinski definition) is 2. The predicted molar refractivity (Wildman–Crippen MR) is 96.3 cm³/mol. The van der Waals surface area contributed by atoms with Crippen LogP contribution in [0.1, 0.15) is 33.6 Å². The van der Waals surface area contributed by atoms with Gasteiger partial charge in [0.15, 0.2) is 5.69 Å². The third-order valence-electron chi connectivity index (χ3n) is 4.39. The molecule has 0 unspecified atom stereocenters. The van der Waals surface area contributed by atoms with E-state index in [1.165, 1.54) is 38.1 Å². The minimum absolute atomic E-state index is 1.01. The van der Waals surface area contributed by atoms with Gasteiger partial charge in [-0.2, -0.15) is 4.57 Å². The summed E-state index contributed by atoms with van der Waals surface area (Å²) in [5.74, 6) is 0. The van der Waals surface area contributed by atoms with Crippen LogP contribution in [-0.4, -0.2) is 7.05 Å². The van der Waals surface area contributed by atoms with E-state index in [0.29, 0.717) is 0 Å². The molecule has 0 bridgehead atoms. The van der Waals surface area contributed by atoms with Gasteiger partial charge in [0.05, 0.1) is 4.88 Å². The highest BCUT2D eigenvalue weighted by Crippen LogP contribution is 2.31. The summed E-state index contributed by atoms with van der Waals surface area (Å²) in [6, 6.07) is 6.63. The number of benzene rings is 1. The molecule has 0 N–H and O–H groups in total. The van der Waals surface area contributed by atoms with Gasteiger partial charge in [0, 0.05) is 31.4 Å². The van der Waals surface area contributed by atoms with E-state index in [0.717, 1.165) is 6.54 Å². The van der Waals surface area contributed by atoms with Crippen LogP contribution in [0.2, 0.25) is 0 Å². The highest BCUT2D eigenvalue weighted by atomic mass is 32.1. The highest BCUT2D eigenvalue weighted by molar-refractivity contribution is 7.12. The fourth-order valence-corrected chi connectivity index (χ4v) is 4.08. The predicted octanol–water partition coefficient (Wildman–Crippen LogP) is 4.48. The van der Waals surface area contributed by atoms with Crippen LogP contribution in [0.5, 0.6) is 0 Å². The maximum Gasteiger partial charge on any atom is 0.264 e. The van der Waals surface area contributed by atoms with E-state index < -0.39 is 0 Å². The average Bonchev–Trinajstić information content (AvgIpc) is 2.76. The lowest BCUT2D eigenvalue weighted by atomic mass is 10.0. The number of aromatic nitrogens is 1. The zero-order valence-corrected chi connectivity index (χ0v) is 14.8. The number of nitrogens with zero attached hydrogens (tertiary/aromatic N) is 2. The summed E-state index contributed by atoms with van der Waals surface area (Å²) in [6.07, 6.45) is 6.73. The SMILES string of the molecule is CC[n+]1c(C=C2C=Cc3cc(C)ccc3N2C)sc(C)c1C. The molecular weight excluding hydrogens is 288 g/mol. The molecule has 3 heteroatoms. The Morgan fingerprint density at radius 3 is 2.68 bits per heavy atom. The number of anilines is 1. The molecule has 2 nitrogen and oxygen atoms in total. The van der Waals surface area contributed by atoms with Gasteiger partial charge in [0.1, 0.15) is 6.54 Å². The lowest BCUT2D eigenvalue weighted by molar-refractivity contribution is -0.696. The van der Waals surface area contributed by atoms with Gasteiger partial charge in [0.25, 0.3) is 5.01 Å². The number of aryl methyl sites for hydroxylation is 2. The molecule has 1 aliphatic heterocycles.